The lowest BCUT2D eigenvalue weighted by Gasteiger charge is -1.94. The van der Waals surface area contributed by atoms with E-state index in [0.717, 1.165) is 24.3 Å². The highest BCUT2D eigenvalue weighted by atomic mass is 16.1. The van der Waals surface area contributed by atoms with E-state index in [9.17, 15) is 4.79 Å². The Morgan fingerprint density at radius 1 is 1.60 bits per heavy atom. The molecule has 0 aromatic carbocycles. The highest BCUT2D eigenvalue weighted by Crippen LogP contribution is 2.14. The third-order valence-corrected chi connectivity index (χ3v) is 1.59. The minimum absolute atomic E-state index is 0.284. The number of rotatable bonds is 0. The number of anilines is 1. The molecule has 0 atom stereocenters. The average Bonchev–Trinajstić information content (AvgIpc) is 2.33. The maximum atomic E-state index is 10.6. The van der Waals surface area contributed by atoms with Crippen LogP contribution in [0.1, 0.15) is 5.56 Å². The van der Waals surface area contributed by atoms with Gasteiger partial charge >= 0.3 is 5.69 Å². The summed E-state index contributed by atoms with van der Waals surface area (Å²) in [4.78, 5) is 16.8. The fraction of sp³-hybridized carbons (Fsp3) is 0.333. The van der Waals surface area contributed by atoms with Gasteiger partial charge in [0, 0.05) is 18.3 Å². The number of H-pyrrole nitrogens is 1. The summed E-state index contributed by atoms with van der Waals surface area (Å²) in [7, 11) is 0. The second kappa shape index (κ2) is 1.83. The zero-order valence-corrected chi connectivity index (χ0v) is 5.35. The number of nitrogens with zero attached hydrogens (tertiary/aromatic N) is 1. The minimum Gasteiger partial charge on any atom is -0.371 e. The van der Waals surface area contributed by atoms with Crippen molar-refractivity contribution in [3.05, 3.63) is 22.2 Å². The molecule has 0 bridgehead atoms. The summed E-state index contributed by atoms with van der Waals surface area (Å²) in [5.74, 6) is 0.833. The van der Waals surface area contributed by atoms with Crippen molar-refractivity contribution in [3.8, 4) is 0 Å². The quantitative estimate of drug-likeness (QED) is 0.518. The number of hydrogen-bond donors (Lipinski definition) is 2. The van der Waals surface area contributed by atoms with Crippen LogP contribution in [0.4, 0.5) is 5.82 Å². The Kier molecular flexibility index (Phi) is 1.00. The third-order valence-electron chi connectivity index (χ3n) is 1.59. The summed E-state index contributed by atoms with van der Waals surface area (Å²) in [6.45, 7) is 0.900. The molecule has 0 spiro atoms. The van der Waals surface area contributed by atoms with Crippen LogP contribution in [0.3, 0.4) is 0 Å². The van der Waals surface area contributed by atoms with Crippen molar-refractivity contribution >= 4 is 5.82 Å². The van der Waals surface area contributed by atoms with E-state index in [1.54, 1.807) is 6.20 Å². The van der Waals surface area contributed by atoms with Gasteiger partial charge in [-0.1, -0.05) is 0 Å². The maximum absolute atomic E-state index is 10.6. The first-order valence-electron chi connectivity index (χ1n) is 3.18. The summed E-state index contributed by atoms with van der Waals surface area (Å²) in [5, 5.41) is 3.05. The van der Waals surface area contributed by atoms with Crippen LogP contribution >= 0.6 is 0 Å². The lowest BCUT2D eigenvalue weighted by atomic mass is 10.3. The number of aromatic amines is 1. The molecule has 2 N–H and O–H groups in total. The lowest BCUT2D eigenvalue weighted by Crippen LogP contribution is -2.10. The van der Waals surface area contributed by atoms with Crippen LogP contribution in [-0.2, 0) is 6.42 Å². The van der Waals surface area contributed by atoms with Crippen LogP contribution in [0.15, 0.2) is 11.0 Å². The van der Waals surface area contributed by atoms with Gasteiger partial charge < -0.3 is 5.32 Å². The summed E-state index contributed by atoms with van der Waals surface area (Å²) in [6, 6.07) is 0. The predicted octanol–water partition coefficient (Wildman–Crippen LogP) is -0.262. The van der Waals surface area contributed by atoms with E-state index in [0.29, 0.717) is 0 Å². The molecular formula is C6H7N3O. The van der Waals surface area contributed by atoms with Crippen molar-refractivity contribution < 1.29 is 0 Å². The van der Waals surface area contributed by atoms with E-state index in [4.69, 9.17) is 0 Å². The number of nitrogens with one attached hydrogen (secondary N) is 2. The molecule has 10 heavy (non-hydrogen) atoms. The first-order valence-corrected chi connectivity index (χ1v) is 3.18. The van der Waals surface area contributed by atoms with Crippen molar-refractivity contribution in [2.45, 2.75) is 6.42 Å². The van der Waals surface area contributed by atoms with Gasteiger partial charge in [-0.25, -0.2) is 9.78 Å². The fourth-order valence-corrected chi connectivity index (χ4v) is 1.09. The molecule has 1 aromatic rings. The Morgan fingerprint density at radius 3 is 3.40 bits per heavy atom. The highest BCUT2D eigenvalue weighted by molar-refractivity contribution is 5.46. The largest absolute Gasteiger partial charge is 0.371 e. The molecule has 2 rings (SSSR count). The first-order chi connectivity index (χ1) is 4.86. The molecule has 1 aliphatic heterocycles. The summed E-state index contributed by atoms with van der Waals surface area (Å²) in [6.07, 6.45) is 2.58. The fourth-order valence-electron chi connectivity index (χ4n) is 1.09. The molecule has 4 heteroatoms. The van der Waals surface area contributed by atoms with Crippen LogP contribution < -0.4 is 11.0 Å². The monoisotopic (exact) mass is 137 g/mol. The molecular weight excluding hydrogens is 130 g/mol. The molecule has 1 aliphatic rings. The van der Waals surface area contributed by atoms with Crippen molar-refractivity contribution in [3.63, 3.8) is 0 Å². The van der Waals surface area contributed by atoms with Gasteiger partial charge in [0.25, 0.3) is 0 Å². The van der Waals surface area contributed by atoms with Crippen molar-refractivity contribution in [2.24, 2.45) is 0 Å². The Labute approximate surface area is 57.3 Å². The van der Waals surface area contributed by atoms with Gasteiger partial charge in [0.15, 0.2) is 0 Å². The van der Waals surface area contributed by atoms with Crippen LogP contribution in [0, 0.1) is 0 Å². The summed E-state index contributed by atoms with van der Waals surface area (Å²) < 4.78 is 0. The molecule has 0 fully saturated rings. The number of aromatic nitrogens is 2. The normalized spacial score (nSPS) is 14.4. The van der Waals surface area contributed by atoms with Crippen molar-refractivity contribution in [2.75, 3.05) is 11.9 Å². The van der Waals surface area contributed by atoms with E-state index in [-0.39, 0.29) is 5.69 Å². The van der Waals surface area contributed by atoms with E-state index in [2.05, 4.69) is 15.3 Å². The molecule has 1 aromatic heterocycles. The summed E-state index contributed by atoms with van der Waals surface area (Å²) >= 11 is 0. The second-order valence-electron chi connectivity index (χ2n) is 2.27. The Bertz CT molecular complexity index is 304. The van der Waals surface area contributed by atoms with Crippen LogP contribution in [0.5, 0.6) is 0 Å². The van der Waals surface area contributed by atoms with Gasteiger partial charge in [-0.3, -0.25) is 4.98 Å². The number of hydrogen-bond acceptors (Lipinski definition) is 3. The second-order valence-corrected chi connectivity index (χ2v) is 2.27. The Balaban J connectivity index is 2.63. The van der Waals surface area contributed by atoms with Crippen LogP contribution in [0.2, 0.25) is 0 Å². The smallest absolute Gasteiger partial charge is 0.346 e. The zero-order chi connectivity index (χ0) is 6.97. The standard InChI is InChI=1S/C6H7N3O/c10-6-8-3-4-1-2-7-5(4)9-6/h3H,1-2H2,(H2,7,8,9,10). The minimum atomic E-state index is -0.284. The zero-order valence-electron chi connectivity index (χ0n) is 5.35. The molecule has 0 aliphatic carbocycles. The highest BCUT2D eigenvalue weighted by Gasteiger charge is 2.09. The van der Waals surface area contributed by atoms with Gasteiger partial charge in [0.1, 0.15) is 5.82 Å². The molecule has 0 unspecified atom stereocenters. The van der Waals surface area contributed by atoms with Gasteiger partial charge in [-0.2, -0.15) is 0 Å². The van der Waals surface area contributed by atoms with E-state index in [1.807, 2.05) is 0 Å². The summed E-state index contributed by atoms with van der Waals surface area (Å²) in [5.41, 5.74) is 0.813. The maximum Gasteiger partial charge on any atom is 0.346 e. The van der Waals surface area contributed by atoms with Gasteiger partial charge in [-0.05, 0) is 6.42 Å². The Hall–Kier alpha value is -1.32. The Morgan fingerprint density at radius 2 is 2.50 bits per heavy atom. The molecule has 0 amide bonds. The van der Waals surface area contributed by atoms with Gasteiger partial charge in [0.2, 0.25) is 0 Å². The van der Waals surface area contributed by atoms with Crippen LogP contribution in [0.25, 0.3) is 0 Å². The number of fused-ring (bicyclic) bond motifs is 1. The topological polar surface area (TPSA) is 57.8 Å². The molecule has 0 saturated heterocycles. The molecule has 52 valence electrons. The molecule has 4 nitrogen and oxygen atoms in total. The SMILES string of the molecule is O=c1ncc2c([nH]1)NCC2. The van der Waals surface area contributed by atoms with E-state index >= 15 is 0 Å². The predicted molar refractivity (Wildman–Crippen MR) is 37.1 cm³/mol. The first kappa shape index (κ1) is 5.46. The van der Waals surface area contributed by atoms with Gasteiger partial charge in [-0.15, -0.1) is 0 Å². The molecule has 0 radical (unpaired) electrons. The van der Waals surface area contributed by atoms with Crippen LogP contribution in [-0.4, -0.2) is 16.5 Å². The third kappa shape index (κ3) is 0.689. The van der Waals surface area contributed by atoms with Crippen molar-refractivity contribution in [1.82, 2.24) is 9.97 Å². The lowest BCUT2D eigenvalue weighted by molar-refractivity contribution is 1.05. The van der Waals surface area contributed by atoms with E-state index < -0.39 is 0 Å². The average molecular weight is 137 g/mol. The van der Waals surface area contributed by atoms with E-state index in [1.165, 1.54) is 0 Å². The molecule has 2 heterocycles. The molecule has 0 saturated carbocycles. The van der Waals surface area contributed by atoms with Gasteiger partial charge in [0.05, 0.1) is 0 Å². The van der Waals surface area contributed by atoms with Crippen molar-refractivity contribution in [1.29, 1.82) is 0 Å².